The van der Waals surface area contributed by atoms with Gasteiger partial charge in [-0.25, -0.2) is 4.79 Å². The lowest BCUT2D eigenvalue weighted by Gasteiger charge is -2.09. The van der Waals surface area contributed by atoms with Crippen LogP contribution in [0.15, 0.2) is 18.5 Å². The van der Waals surface area contributed by atoms with E-state index < -0.39 is 5.97 Å². The minimum absolute atomic E-state index is 0.0786. The molecule has 0 saturated heterocycles. The van der Waals surface area contributed by atoms with Crippen LogP contribution < -0.4 is 4.74 Å². The van der Waals surface area contributed by atoms with Crippen LogP contribution in [0, 0.1) is 13.8 Å². The SMILES string of the molecule is CCn1cc(Oc2cc(C)nc(C)c2C(=O)O)cn1. The number of aromatic carboxylic acids is 1. The van der Waals surface area contributed by atoms with Gasteiger partial charge in [0.15, 0.2) is 5.75 Å². The number of carboxylic acid groups (broad SMARTS) is 1. The molecule has 0 radical (unpaired) electrons. The standard InChI is InChI=1S/C13H15N3O3/c1-4-16-7-10(6-14-16)19-11-5-8(2)15-9(3)12(11)13(17)18/h5-7H,4H2,1-3H3,(H,17,18). The molecule has 6 heteroatoms. The van der Waals surface area contributed by atoms with Crippen molar-refractivity contribution >= 4 is 5.97 Å². The first kappa shape index (κ1) is 13.1. The fraction of sp³-hybridized carbons (Fsp3) is 0.308. The van der Waals surface area contributed by atoms with Gasteiger partial charge < -0.3 is 9.84 Å². The van der Waals surface area contributed by atoms with Crippen molar-refractivity contribution in [2.75, 3.05) is 0 Å². The van der Waals surface area contributed by atoms with Crippen LogP contribution in [0.25, 0.3) is 0 Å². The molecule has 0 fully saturated rings. The van der Waals surface area contributed by atoms with Crippen LogP contribution in [0.5, 0.6) is 11.5 Å². The normalized spacial score (nSPS) is 10.5. The fourth-order valence-electron chi connectivity index (χ4n) is 1.83. The summed E-state index contributed by atoms with van der Waals surface area (Å²) in [6.45, 7) is 6.13. The van der Waals surface area contributed by atoms with E-state index in [0.717, 1.165) is 6.54 Å². The Hall–Kier alpha value is -2.37. The largest absolute Gasteiger partial charge is 0.477 e. The lowest BCUT2D eigenvalue weighted by Crippen LogP contribution is -2.05. The van der Waals surface area contributed by atoms with Gasteiger partial charge in [-0.2, -0.15) is 5.10 Å². The van der Waals surface area contributed by atoms with Gasteiger partial charge in [0.05, 0.1) is 18.1 Å². The van der Waals surface area contributed by atoms with Crippen LogP contribution in [-0.2, 0) is 6.54 Å². The van der Waals surface area contributed by atoms with E-state index >= 15 is 0 Å². The highest BCUT2D eigenvalue weighted by molar-refractivity contribution is 5.92. The molecular formula is C13H15N3O3. The Morgan fingerprint density at radius 1 is 1.47 bits per heavy atom. The molecule has 0 aliphatic rings. The Balaban J connectivity index is 2.40. The van der Waals surface area contributed by atoms with Crippen molar-refractivity contribution in [3.8, 4) is 11.5 Å². The van der Waals surface area contributed by atoms with Gasteiger partial charge in [-0.1, -0.05) is 0 Å². The first-order valence-electron chi connectivity index (χ1n) is 5.93. The van der Waals surface area contributed by atoms with Crippen molar-refractivity contribution in [2.24, 2.45) is 0 Å². The third kappa shape index (κ3) is 2.73. The van der Waals surface area contributed by atoms with E-state index in [4.69, 9.17) is 4.74 Å². The highest BCUT2D eigenvalue weighted by Gasteiger charge is 2.17. The summed E-state index contributed by atoms with van der Waals surface area (Å²) in [7, 11) is 0. The maximum absolute atomic E-state index is 11.3. The second-order valence-corrected chi connectivity index (χ2v) is 4.16. The Morgan fingerprint density at radius 2 is 2.21 bits per heavy atom. The molecule has 2 aromatic rings. The molecule has 0 unspecified atom stereocenters. The molecule has 19 heavy (non-hydrogen) atoms. The Kier molecular flexibility index (Phi) is 3.50. The number of aromatic nitrogens is 3. The fourth-order valence-corrected chi connectivity index (χ4v) is 1.83. The molecule has 0 amide bonds. The second-order valence-electron chi connectivity index (χ2n) is 4.16. The molecule has 0 saturated carbocycles. The summed E-state index contributed by atoms with van der Waals surface area (Å²) >= 11 is 0. The lowest BCUT2D eigenvalue weighted by atomic mass is 10.1. The highest BCUT2D eigenvalue weighted by atomic mass is 16.5. The molecular weight excluding hydrogens is 246 g/mol. The number of rotatable bonds is 4. The monoisotopic (exact) mass is 261 g/mol. The summed E-state index contributed by atoms with van der Waals surface area (Å²) in [5.41, 5.74) is 1.22. The molecule has 1 N–H and O–H groups in total. The van der Waals surface area contributed by atoms with Crippen LogP contribution >= 0.6 is 0 Å². The average Bonchev–Trinajstić information content (AvgIpc) is 2.75. The number of carboxylic acids is 1. The average molecular weight is 261 g/mol. The van der Waals surface area contributed by atoms with E-state index in [0.29, 0.717) is 17.1 Å². The Labute approximate surface area is 110 Å². The maximum atomic E-state index is 11.3. The molecule has 6 nitrogen and oxygen atoms in total. The zero-order valence-corrected chi connectivity index (χ0v) is 11.0. The quantitative estimate of drug-likeness (QED) is 0.914. The van der Waals surface area contributed by atoms with Crippen molar-refractivity contribution in [3.63, 3.8) is 0 Å². The zero-order chi connectivity index (χ0) is 14.0. The number of hydrogen-bond donors (Lipinski definition) is 1. The van der Waals surface area contributed by atoms with Gasteiger partial charge in [-0.3, -0.25) is 9.67 Å². The van der Waals surface area contributed by atoms with E-state index in [1.807, 2.05) is 6.92 Å². The van der Waals surface area contributed by atoms with Crippen LogP contribution in [0.4, 0.5) is 0 Å². The molecule has 0 aromatic carbocycles. The highest BCUT2D eigenvalue weighted by Crippen LogP contribution is 2.27. The molecule has 0 bridgehead atoms. The zero-order valence-electron chi connectivity index (χ0n) is 11.0. The Morgan fingerprint density at radius 3 is 2.79 bits per heavy atom. The number of hydrogen-bond acceptors (Lipinski definition) is 4. The summed E-state index contributed by atoms with van der Waals surface area (Å²) < 4.78 is 7.32. The smallest absolute Gasteiger partial charge is 0.341 e. The molecule has 2 aromatic heterocycles. The number of nitrogens with zero attached hydrogens (tertiary/aromatic N) is 3. The van der Waals surface area contributed by atoms with Gasteiger partial charge in [-0.05, 0) is 20.8 Å². The maximum Gasteiger partial charge on any atom is 0.341 e. The molecule has 0 atom stereocenters. The third-order valence-corrected chi connectivity index (χ3v) is 2.67. The molecule has 2 rings (SSSR count). The molecule has 0 aliphatic heterocycles. The van der Waals surface area contributed by atoms with E-state index in [1.165, 1.54) is 0 Å². The van der Waals surface area contributed by atoms with E-state index in [-0.39, 0.29) is 11.3 Å². The Bertz CT molecular complexity index is 620. The van der Waals surface area contributed by atoms with Gasteiger partial charge in [0.2, 0.25) is 0 Å². The van der Waals surface area contributed by atoms with Gasteiger partial charge in [0.1, 0.15) is 11.3 Å². The second kappa shape index (κ2) is 5.09. The van der Waals surface area contributed by atoms with Gasteiger partial charge >= 0.3 is 5.97 Å². The van der Waals surface area contributed by atoms with Crippen LogP contribution in [-0.4, -0.2) is 25.8 Å². The first-order valence-corrected chi connectivity index (χ1v) is 5.93. The van der Waals surface area contributed by atoms with E-state index in [2.05, 4.69) is 10.1 Å². The van der Waals surface area contributed by atoms with Crippen molar-refractivity contribution in [3.05, 3.63) is 35.4 Å². The van der Waals surface area contributed by atoms with Crippen molar-refractivity contribution < 1.29 is 14.6 Å². The molecule has 2 heterocycles. The third-order valence-electron chi connectivity index (χ3n) is 2.67. The number of pyridine rings is 1. The van der Waals surface area contributed by atoms with Crippen LogP contribution in [0.1, 0.15) is 28.7 Å². The van der Waals surface area contributed by atoms with Gasteiger partial charge in [-0.15, -0.1) is 0 Å². The van der Waals surface area contributed by atoms with E-state index in [9.17, 15) is 9.90 Å². The van der Waals surface area contributed by atoms with Crippen molar-refractivity contribution in [1.29, 1.82) is 0 Å². The first-order chi connectivity index (χ1) is 9.01. The van der Waals surface area contributed by atoms with Gasteiger partial charge in [0, 0.05) is 18.3 Å². The molecule has 0 aliphatic carbocycles. The van der Waals surface area contributed by atoms with Crippen LogP contribution in [0.2, 0.25) is 0 Å². The van der Waals surface area contributed by atoms with Crippen molar-refractivity contribution in [1.82, 2.24) is 14.8 Å². The summed E-state index contributed by atoms with van der Waals surface area (Å²) in [4.78, 5) is 15.4. The van der Waals surface area contributed by atoms with Crippen LogP contribution in [0.3, 0.4) is 0 Å². The minimum atomic E-state index is -1.05. The summed E-state index contributed by atoms with van der Waals surface area (Å²) in [5, 5.41) is 13.3. The molecule has 0 spiro atoms. The molecule has 100 valence electrons. The van der Waals surface area contributed by atoms with Gasteiger partial charge in [0.25, 0.3) is 0 Å². The lowest BCUT2D eigenvalue weighted by molar-refractivity contribution is 0.0693. The summed E-state index contributed by atoms with van der Waals surface area (Å²) in [6, 6.07) is 1.61. The predicted octanol–water partition coefficient (Wildman–Crippen LogP) is 2.41. The van der Waals surface area contributed by atoms with E-state index in [1.54, 1.807) is 37.0 Å². The summed E-state index contributed by atoms with van der Waals surface area (Å²) in [5.74, 6) is -0.259. The number of aryl methyl sites for hydroxylation is 3. The number of ether oxygens (including phenoxy) is 1. The number of carbonyl (C=O) groups is 1. The predicted molar refractivity (Wildman–Crippen MR) is 68.6 cm³/mol. The minimum Gasteiger partial charge on any atom is -0.477 e. The summed E-state index contributed by atoms with van der Waals surface area (Å²) in [6.07, 6.45) is 3.27. The van der Waals surface area contributed by atoms with Crippen molar-refractivity contribution in [2.45, 2.75) is 27.3 Å². The topological polar surface area (TPSA) is 77.2 Å².